The van der Waals surface area contributed by atoms with Crippen LogP contribution in [0.25, 0.3) is 0 Å². The highest BCUT2D eigenvalue weighted by Crippen LogP contribution is 2.20. The Bertz CT molecular complexity index is 339. The standard InChI is InChI=1S/C9H14N2O5/c1-11(2,3)9(7(13)14,8(15)16)5-4-6(10)12/h4-5H,1-3H3,(H3-,10,12,13,14,15,16). The number of carbonyl (C=O) groups excluding carboxylic acids is 2. The van der Waals surface area contributed by atoms with E-state index in [0.717, 1.165) is 6.08 Å². The fraction of sp³-hybridized carbons (Fsp3) is 0.444. The average molecular weight is 230 g/mol. The summed E-state index contributed by atoms with van der Waals surface area (Å²) < 4.78 is -0.478. The summed E-state index contributed by atoms with van der Waals surface area (Å²) in [5, 5.41) is 20.0. The summed E-state index contributed by atoms with van der Waals surface area (Å²) in [6, 6.07) is 0. The molecule has 1 amide bonds. The first-order valence-electron chi connectivity index (χ1n) is 4.30. The molecule has 16 heavy (non-hydrogen) atoms. The summed E-state index contributed by atoms with van der Waals surface area (Å²) in [6.45, 7) is 0. The van der Waals surface area contributed by atoms with Gasteiger partial charge in [0.25, 0.3) is 5.54 Å². The number of amides is 1. The monoisotopic (exact) mass is 230 g/mol. The van der Waals surface area contributed by atoms with Gasteiger partial charge in [-0.05, 0) is 6.08 Å². The number of carbonyl (C=O) groups is 3. The summed E-state index contributed by atoms with van der Waals surface area (Å²) in [6.07, 6.45) is 1.43. The molecule has 0 heterocycles. The topological polar surface area (TPSA) is 121 Å². The van der Waals surface area contributed by atoms with Crippen molar-refractivity contribution in [3.05, 3.63) is 12.2 Å². The highest BCUT2D eigenvalue weighted by Gasteiger charge is 2.50. The number of quaternary nitrogens is 1. The van der Waals surface area contributed by atoms with E-state index in [9.17, 15) is 19.5 Å². The number of rotatable bonds is 5. The quantitative estimate of drug-likeness (QED) is 0.302. The van der Waals surface area contributed by atoms with Crippen LogP contribution >= 0.6 is 0 Å². The fourth-order valence-electron chi connectivity index (χ4n) is 1.21. The predicted octanol–water partition coefficient (Wildman–Crippen LogP) is -2.69. The van der Waals surface area contributed by atoms with Crippen molar-refractivity contribution in [2.24, 2.45) is 5.73 Å². The second-order valence-electron chi connectivity index (χ2n) is 4.11. The van der Waals surface area contributed by atoms with Gasteiger partial charge in [-0.2, -0.15) is 0 Å². The van der Waals surface area contributed by atoms with E-state index in [2.05, 4.69) is 0 Å². The van der Waals surface area contributed by atoms with Gasteiger partial charge in [-0.15, -0.1) is 0 Å². The van der Waals surface area contributed by atoms with Gasteiger partial charge in [-0.3, -0.25) is 4.79 Å². The Labute approximate surface area is 92.4 Å². The molecule has 0 saturated heterocycles. The van der Waals surface area contributed by atoms with Gasteiger partial charge in [0, 0.05) is 6.08 Å². The minimum atomic E-state index is -2.35. The maximum absolute atomic E-state index is 11.1. The van der Waals surface area contributed by atoms with Crippen LogP contribution in [0.5, 0.6) is 0 Å². The van der Waals surface area contributed by atoms with Crippen molar-refractivity contribution in [3.63, 3.8) is 0 Å². The molecule has 0 spiro atoms. The van der Waals surface area contributed by atoms with Crippen LogP contribution in [0.2, 0.25) is 0 Å². The zero-order valence-corrected chi connectivity index (χ0v) is 9.26. The maximum atomic E-state index is 11.1. The molecule has 3 N–H and O–H groups in total. The van der Waals surface area contributed by atoms with Crippen LogP contribution in [-0.4, -0.2) is 54.1 Å². The molecule has 0 fully saturated rings. The van der Waals surface area contributed by atoms with Crippen LogP contribution in [0.4, 0.5) is 0 Å². The van der Waals surface area contributed by atoms with Crippen LogP contribution in [0.1, 0.15) is 0 Å². The van der Waals surface area contributed by atoms with Crippen LogP contribution in [0.15, 0.2) is 12.2 Å². The zero-order valence-electron chi connectivity index (χ0n) is 9.26. The van der Waals surface area contributed by atoms with Crippen LogP contribution in [-0.2, 0) is 14.4 Å². The third kappa shape index (κ3) is 2.37. The molecule has 90 valence electrons. The number of carboxylic acids is 2. The molecule has 0 aromatic heterocycles. The lowest BCUT2D eigenvalue weighted by Crippen LogP contribution is -2.69. The van der Waals surface area contributed by atoms with Crippen molar-refractivity contribution >= 4 is 17.8 Å². The average Bonchev–Trinajstić information content (AvgIpc) is 1.99. The Hall–Kier alpha value is -1.89. The van der Waals surface area contributed by atoms with E-state index in [1.54, 1.807) is 0 Å². The van der Waals surface area contributed by atoms with E-state index in [-0.39, 0.29) is 0 Å². The summed E-state index contributed by atoms with van der Waals surface area (Å²) in [4.78, 5) is 32.6. The number of primary amides is 1. The highest BCUT2D eigenvalue weighted by molar-refractivity contribution is 6.04. The molecule has 7 heteroatoms. The van der Waals surface area contributed by atoms with Crippen molar-refractivity contribution in [3.8, 4) is 0 Å². The second-order valence-corrected chi connectivity index (χ2v) is 4.11. The van der Waals surface area contributed by atoms with E-state index < -0.39 is 27.9 Å². The van der Waals surface area contributed by atoms with E-state index in [4.69, 9.17) is 10.8 Å². The normalized spacial score (nSPS) is 15.7. The fourth-order valence-corrected chi connectivity index (χ4v) is 1.21. The Morgan fingerprint density at radius 2 is 1.75 bits per heavy atom. The Balaban J connectivity index is 5.75. The molecule has 1 unspecified atom stereocenters. The molecule has 0 aliphatic rings. The van der Waals surface area contributed by atoms with Gasteiger partial charge in [0.05, 0.1) is 21.1 Å². The highest BCUT2D eigenvalue weighted by atomic mass is 16.4. The van der Waals surface area contributed by atoms with Crippen molar-refractivity contribution in [2.45, 2.75) is 5.54 Å². The third-order valence-corrected chi connectivity index (χ3v) is 2.18. The van der Waals surface area contributed by atoms with Crippen molar-refractivity contribution < 1.29 is 29.1 Å². The first kappa shape index (κ1) is 14.1. The predicted molar refractivity (Wildman–Crippen MR) is 51.7 cm³/mol. The Morgan fingerprint density at radius 3 is 1.94 bits per heavy atom. The molecule has 0 radical (unpaired) electrons. The van der Waals surface area contributed by atoms with E-state index in [0.29, 0.717) is 6.08 Å². The third-order valence-electron chi connectivity index (χ3n) is 2.18. The lowest BCUT2D eigenvalue weighted by molar-refractivity contribution is -0.899. The number of likely N-dealkylation sites (N-methyl/N-ethyl adjacent to an activating group) is 1. The summed E-state index contributed by atoms with van der Waals surface area (Å²) in [5.41, 5.74) is 2.45. The molecule has 0 aromatic carbocycles. The van der Waals surface area contributed by atoms with Crippen molar-refractivity contribution in [2.75, 3.05) is 21.1 Å². The minimum Gasteiger partial charge on any atom is -0.543 e. The number of hydrogen-bond donors (Lipinski definition) is 2. The molecule has 7 nitrogen and oxygen atoms in total. The van der Waals surface area contributed by atoms with E-state index >= 15 is 0 Å². The summed E-state index contributed by atoms with van der Waals surface area (Å²) in [5.74, 6) is -4.37. The molecule has 0 aliphatic carbocycles. The van der Waals surface area contributed by atoms with Crippen molar-refractivity contribution in [1.82, 2.24) is 0 Å². The molecular formula is C9H14N2O5. The SMILES string of the molecule is C[N+](C)(C)C(C=CC(N)=O)(C(=O)[O-])C(=O)O. The molecule has 0 saturated carbocycles. The molecular weight excluding hydrogens is 216 g/mol. The van der Waals surface area contributed by atoms with Gasteiger partial charge in [0.2, 0.25) is 5.91 Å². The Kier molecular flexibility index (Phi) is 3.80. The second kappa shape index (κ2) is 4.31. The number of hydrogen-bond acceptors (Lipinski definition) is 4. The van der Waals surface area contributed by atoms with Gasteiger partial charge in [0.15, 0.2) is 0 Å². The summed E-state index contributed by atoms with van der Waals surface area (Å²) in [7, 11) is 4.07. The van der Waals surface area contributed by atoms with Crippen LogP contribution in [0, 0.1) is 0 Å². The van der Waals surface area contributed by atoms with Gasteiger partial charge in [-0.25, -0.2) is 4.79 Å². The lowest BCUT2D eigenvalue weighted by Gasteiger charge is -2.41. The molecule has 1 atom stereocenters. The number of aliphatic carboxylic acids is 2. The number of nitrogens with zero attached hydrogens (tertiary/aromatic N) is 1. The van der Waals surface area contributed by atoms with Gasteiger partial charge < -0.3 is 25.2 Å². The lowest BCUT2D eigenvalue weighted by atomic mass is 9.95. The number of nitrogens with two attached hydrogens (primary N) is 1. The van der Waals surface area contributed by atoms with Crippen molar-refractivity contribution in [1.29, 1.82) is 0 Å². The Morgan fingerprint density at radius 1 is 1.31 bits per heavy atom. The summed E-state index contributed by atoms with van der Waals surface area (Å²) >= 11 is 0. The maximum Gasteiger partial charge on any atom is 0.376 e. The molecule has 0 aliphatic heterocycles. The molecule has 0 rings (SSSR count). The first-order valence-corrected chi connectivity index (χ1v) is 4.30. The van der Waals surface area contributed by atoms with Crippen LogP contribution in [0.3, 0.4) is 0 Å². The molecule has 0 aromatic rings. The van der Waals surface area contributed by atoms with E-state index in [1.165, 1.54) is 21.1 Å². The van der Waals surface area contributed by atoms with Gasteiger partial charge in [-0.1, -0.05) is 0 Å². The largest absolute Gasteiger partial charge is 0.543 e. The van der Waals surface area contributed by atoms with Crippen LogP contribution < -0.4 is 10.8 Å². The van der Waals surface area contributed by atoms with Gasteiger partial charge in [0.1, 0.15) is 5.97 Å². The molecule has 0 bridgehead atoms. The number of carboxylic acid groups (broad SMARTS) is 2. The smallest absolute Gasteiger partial charge is 0.376 e. The first-order chi connectivity index (χ1) is 7.05. The van der Waals surface area contributed by atoms with E-state index in [1.807, 2.05) is 0 Å². The minimum absolute atomic E-state index is 0.478. The van der Waals surface area contributed by atoms with Gasteiger partial charge >= 0.3 is 5.97 Å². The zero-order chi connectivity index (χ0) is 13.1.